The Bertz CT molecular complexity index is 1560. The number of halogens is 2. The van der Waals surface area contributed by atoms with Crippen LogP contribution in [0.1, 0.15) is 67.9 Å². The number of carbonyl (C=O) groups is 2. The minimum Gasteiger partial charge on any atom is -0.496 e. The van der Waals surface area contributed by atoms with Crippen LogP contribution in [0.2, 0.25) is 0 Å². The van der Waals surface area contributed by atoms with E-state index in [2.05, 4.69) is 14.4 Å². The van der Waals surface area contributed by atoms with Gasteiger partial charge in [0.05, 0.1) is 25.3 Å². The topological polar surface area (TPSA) is 99.1 Å². The minimum atomic E-state index is -2.47. The molecule has 1 atom stereocenters. The molecular weight excluding hydrogens is 604 g/mol. The molecular formula is C33H43F2N3O6S. The number of likely N-dealkylation sites (tertiary alicyclic amines) is 1. The summed E-state index contributed by atoms with van der Waals surface area (Å²) in [6, 6.07) is 10.5. The molecule has 12 heteroatoms. The van der Waals surface area contributed by atoms with E-state index in [4.69, 9.17) is 9.47 Å². The van der Waals surface area contributed by atoms with Crippen molar-refractivity contribution in [2.45, 2.75) is 71.4 Å². The van der Waals surface area contributed by atoms with Gasteiger partial charge in [0.15, 0.2) is 0 Å². The van der Waals surface area contributed by atoms with Gasteiger partial charge in [-0.15, -0.1) is 0 Å². The van der Waals surface area contributed by atoms with Gasteiger partial charge in [-0.3, -0.25) is 9.47 Å². The van der Waals surface area contributed by atoms with E-state index >= 15 is 0 Å². The summed E-state index contributed by atoms with van der Waals surface area (Å²) in [6.45, 7) is 9.74. The first-order valence-electron chi connectivity index (χ1n) is 14.8. The molecule has 9 nitrogen and oxygen atoms in total. The molecule has 2 aromatic carbocycles. The Labute approximate surface area is 265 Å². The molecule has 1 saturated carbocycles. The number of aryl methyl sites for hydroxylation is 1. The average Bonchev–Trinajstić information content (AvgIpc) is 3.40. The van der Waals surface area contributed by atoms with Gasteiger partial charge < -0.3 is 18.9 Å². The van der Waals surface area contributed by atoms with Crippen LogP contribution in [-0.4, -0.2) is 70.8 Å². The number of fused-ring (bicyclic) bond motifs is 1. The number of methoxy groups -OCH3 is 2. The third-order valence-corrected chi connectivity index (χ3v) is 8.67. The quantitative estimate of drug-likeness (QED) is 0.290. The molecule has 2 fully saturated rings. The summed E-state index contributed by atoms with van der Waals surface area (Å²) < 4.78 is 57.7. The second kappa shape index (κ2) is 13.5. The monoisotopic (exact) mass is 647 g/mol. The van der Waals surface area contributed by atoms with E-state index in [0.29, 0.717) is 17.8 Å². The highest BCUT2D eigenvalue weighted by atomic mass is 32.2. The summed E-state index contributed by atoms with van der Waals surface area (Å²) >= 11 is 0. The van der Waals surface area contributed by atoms with Gasteiger partial charge >= 0.3 is 12.1 Å². The molecule has 246 valence electrons. The van der Waals surface area contributed by atoms with Gasteiger partial charge in [0.1, 0.15) is 22.3 Å². The van der Waals surface area contributed by atoms with Gasteiger partial charge in [-0.1, -0.05) is 6.07 Å². The van der Waals surface area contributed by atoms with Crippen LogP contribution in [0.4, 0.5) is 19.3 Å². The maximum Gasteiger partial charge on any atom is 0.419 e. The lowest BCUT2D eigenvalue weighted by atomic mass is 9.61. The molecule has 1 aliphatic heterocycles. The predicted molar refractivity (Wildman–Crippen MR) is 171 cm³/mol. The van der Waals surface area contributed by atoms with Crippen molar-refractivity contribution in [2.24, 2.45) is 5.41 Å². The minimum absolute atomic E-state index is 0.0324. The molecule has 1 N–H and O–H groups in total. The Hall–Kier alpha value is -3.51. The van der Waals surface area contributed by atoms with E-state index < -0.39 is 34.6 Å². The van der Waals surface area contributed by atoms with E-state index in [1.54, 1.807) is 42.1 Å². The molecule has 5 rings (SSSR count). The number of alkyl halides is 2. The number of benzene rings is 2. The fourth-order valence-corrected chi connectivity index (χ4v) is 6.63. The number of hydrogen-bond donors (Lipinski definition) is 1. The number of nitrogens with one attached hydrogen (secondary N) is 1. The van der Waals surface area contributed by atoms with Crippen LogP contribution in [0.3, 0.4) is 0 Å². The van der Waals surface area contributed by atoms with Gasteiger partial charge in [-0.25, -0.2) is 22.6 Å². The zero-order chi connectivity index (χ0) is 33.2. The second-order valence-electron chi connectivity index (χ2n) is 12.9. The van der Waals surface area contributed by atoms with Crippen molar-refractivity contribution >= 4 is 39.6 Å². The first-order chi connectivity index (χ1) is 21.0. The van der Waals surface area contributed by atoms with Crippen molar-refractivity contribution in [3.63, 3.8) is 0 Å². The summed E-state index contributed by atoms with van der Waals surface area (Å²) in [5.74, 6) is -2.10. The van der Waals surface area contributed by atoms with Crippen LogP contribution in [-0.2, 0) is 27.0 Å². The fourth-order valence-electron chi connectivity index (χ4n) is 6.17. The Morgan fingerprint density at radius 1 is 1.07 bits per heavy atom. The molecule has 2 heterocycles. The lowest BCUT2D eigenvalue weighted by Gasteiger charge is -2.51. The molecule has 0 bridgehead atoms. The van der Waals surface area contributed by atoms with Crippen molar-refractivity contribution < 1.29 is 36.8 Å². The number of piperidine rings is 1. The molecule has 1 spiro atoms. The third kappa shape index (κ3) is 8.40. The number of hydrogen-bond acceptors (Lipinski definition) is 7. The highest BCUT2D eigenvalue weighted by Gasteiger charge is 2.56. The highest BCUT2D eigenvalue weighted by Crippen LogP contribution is 2.57. The van der Waals surface area contributed by atoms with E-state index in [1.807, 2.05) is 39.8 Å². The number of anilines is 1. The molecule has 1 unspecified atom stereocenters. The van der Waals surface area contributed by atoms with Crippen LogP contribution < -0.4 is 9.46 Å². The molecule has 45 heavy (non-hydrogen) atoms. The van der Waals surface area contributed by atoms with Gasteiger partial charge in [0, 0.05) is 48.5 Å². The largest absolute Gasteiger partial charge is 0.496 e. The lowest BCUT2D eigenvalue weighted by Crippen LogP contribution is -2.52. The third-order valence-electron chi connectivity index (χ3n) is 8.15. The van der Waals surface area contributed by atoms with Crippen molar-refractivity contribution in [2.75, 3.05) is 38.3 Å². The fraction of sp³-hybridized carbons (Fsp3) is 0.515. The molecule has 1 saturated heterocycles. The molecule has 1 aromatic heterocycles. The van der Waals surface area contributed by atoms with Gasteiger partial charge in [-0.05, 0) is 94.9 Å². The summed E-state index contributed by atoms with van der Waals surface area (Å²) in [5, 5.41) is 0.957. The summed E-state index contributed by atoms with van der Waals surface area (Å²) in [4.78, 5) is 26.2. The first kappa shape index (κ1) is 34.4. The van der Waals surface area contributed by atoms with Crippen molar-refractivity contribution in [1.29, 1.82) is 0 Å². The van der Waals surface area contributed by atoms with Crippen LogP contribution >= 0.6 is 0 Å². The van der Waals surface area contributed by atoms with E-state index in [-0.39, 0.29) is 18.3 Å². The number of esters is 1. The SMILES string of the molecule is COC(=O)c1cccc(NS(C)=O)c1.COc1cc(C)c2c(ccn2C(=O)OC(C)(C)C)c1CN1CCC2(CC1)CC(F)(F)C2. The molecule has 3 aromatic rings. The zero-order valence-electron chi connectivity index (χ0n) is 27.0. The summed E-state index contributed by atoms with van der Waals surface area (Å²) in [5.41, 5.74) is 3.07. The number of rotatable bonds is 6. The lowest BCUT2D eigenvalue weighted by molar-refractivity contribution is -0.178. The number of nitrogens with zero attached hydrogens (tertiary/aromatic N) is 2. The van der Waals surface area contributed by atoms with Gasteiger partial charge in [0.25, 0.3) is 0 Å². The van der Waals surface area contributed by atoms with Crippen LogP contribution in [0.25, 0.3) is 10.9 Å². The molecule has 1 aliphatic carbocycles. The maximum atomic E-state index is 13.4. The normalized spacial score (nSPS) is 17.9. The second-order valence-corrected chi connectivity index (χ2v) is 14.0. The van der Waals surface area contributed by atoms with Crippen LogP contribution in [0.15, 0.2) is 42.6 Å². The highest BCUT2D eigenvalue weighted by molar-refractivity contribution is 7.85. The average molecular weight is 648 g/mol. The number of aromatic nitrogens is 1. The van der Waals surface area contributed by atoms with E-state index in [0.717, 1.165) is 53.7 Å². The first-order valence-corrected chi connectivity index (χ1v) is 16.4. The van der Waals surface area contributed by atoms with Gasteiger partial charge in [-0.2, -0.15) is 0 Å². The zero-order valence-corrected chi connectivity index (χ0v) is 27.8. The van der Waals surface area contributed by atoms with Crippen molar-refractivity contribution in [3.8, 4) is 5.75 Å². The molecule has 2 aliphatic rings. The van der Waals surface area contributed by atoms with Crippen molar-refractivity contribution in [3.05, 3.63) is 59.3 Å². The summed E-state index contributed by atoms with van der Waals surface area (Å²) in [7, 11) is 1.83. The van der Waals surface area contributed by atoms with Gasteiger partial charge in [0.2, 0.25) is 5.92 Å². The molecule has 0 amide bonds. The maximum absolute atomic E-state index is 13.4. The Kier molecular flexibility index (Phi) is 10.3. The standard InChI is InChI=1S/C24H32F2N2O3.C9H11NO3S/c1-16-12-19(30-5)18(13-27-10-7-23(8-11-27)14-24(25,26)15-23)17-6-9-28(20(16)17)21(29)31-22(2,3)4;1-13-9(11)7-4-3-5-8(6-7)10-14(2)12/h6,9,12H,7-8,10-11,13-15H2,1-5H3;3-6,10H,1-2H3. The number of carbonyl (C=O) groups excluding carboxylic acids is 2. The Morgan fingerprint density at radius 3 is 2.29 bits per heavy atom. The van der Waals surface area contributed by atoms with Crippen molar-refractivity contribution in [1.82, 2.24) is 9.47 Å². The van der Waals surface area contributed by atoms with Crippen LogP contribution in [0, 0.1) is 12.3 Å². The summed E-state index contributed by atoms with van der Waals surface area (Å²) in [6.07, 6.45) is 4.53. The Balaban J connectivity index is 0.000000276. The Morgan fingerprint density at radius 2 is 1.73 bits per heavy atom. The van der Waals surface area contributed by atoms with E-state index in [1.165, 1.54) is 13.4 Å². The number of ether oxygens (including phenoxy) is 3. The molecule has 0 radical (unpaired) electrons. The predicted octanol–water partition coefficient (Wildman–Crippen LogP) is 6.93. The van der Waals surface area contributed by atoms with E-state index in [9.17, 15) is 22.6 Å². The smallest absolute Gasteiger partial charge is 0.419 e. The van der Waals surface area contributed by atoms with Crippen LogP contribution in [0.5, 0.6) is 5.75 Å².